The van der Waals surface area contributed by atoms with Gasteiger partial charge >= 0.3 is 6.04 Å². The van der Waals surface area contributed by atoms with Crippen molar-refractivity contribution in [3.63, 3.8) is 0 Å². The summed E-state index contributed by atoms with van der Waals surface area (Å²) >= 11 is 0. The Bertz CT molecular complexity index is 670. The number of aliphatic hydroxyl groups excluding tert-OH is 11. The summed E-state index contributed by atoms with van der Waals surface area (Å²) in [7, 11) is 0. The monoisotopic (exact) mass is 522 g/mol. The van der Waals surface area contributed by atoms with Gasteiger partial charge < -0.3 is 75.1 Å². The minimum absolute atomic E-state index is 0.651. The lowest BCUT2D eigenvalue weighted by Crippen LogP contribution is -2.62. The Morgan fingerprint density at radius 1 is 0.743 bits per heavy atom. The van der Waals surface area contributed by atoms with Gasteiger partial charge in [0, 0.05) is 0 Å². The molecule has 2 heterocycles. The molecule has 2 saturated heterocycles. The van der Waals surface area contributed by atoms with Gasteiger partial charge in [0.1, 0.15) is 67.1 Å². The lowest BCUT2D eigenvalue weighted by Gasteiger charge is -2.42. The van der Waals surface area contributed by atoms with Crippen LogP contribution in [-0.2, 0) is 23.7 Å². The van der Waals surface area contributed by atoms with Gasteiger partial charge in [0.25, 0.3) is 0 Å². The van der Waals surface area contributed by atoms with Gasteiger partial charge in [-0.05, 0) is 0 Å². The van der Waals surface area contributed by atoms with Crippen LogP contribution in [0.15, 0.2) is 0 Å². The fourth-order valence-electron chi connectivity index (χ4n) is 3.43. The second kappa shape index (κ2) is 13.0. The smallest absolute Gasteiger partial charge is 0.332 e. The van der Waals surface area contributed by atoms with E-state index in [1.54, 1.807) is 0 Å². The number of hydrogen-bond donors (Lipinski definition) is 11. The molecule has 0 saturated carbocycles. The van der Waals surface area contributed by atoms with Crippen molar-refractivity contribution >= 4 is 6.04 Å². The molecule has 11 N–H and O–H groups in total. The average molecular weight is 522 g/mol. The van der Waals surface area contributed by atoms with Crippen LogP contribution < -0.4 is 0 Å². The maximum absolute atomic E-state index is 12.5. The number of hydrogen-bond acceptors (Lipinski definition) is 16. The molecule has 0 aromatic carbocycles. The van der Waals surface area contributed by atoms with Crippen molar-refractivity contribution in [2.24, 2.45) is 0 Å². The quantitative estimate of drug-likeness (QED) is 0.112. The third-order valence-electron chi connectivity index (χ3n) is 5.67. The zero-order valence-electron chi connectivity index (χ0n) is 18.0. The number of carbonyl (C=O) groups excluding carboxylic acids is 1. The summed E-state index contributed by atoms with van der Waals surface area (Å²) < 4.78 is 33.1. The molecule has 2 fully saturated rings. The van der Waals surface area contributed by atoms with Crippen LogP contribution in [0.2, 0.25) is 0 Å². The summed E-state index contributed by atoms with van der Waals surface area (Å²) in [4.78, 5) is 10.4. The summed E-state index contributed by atoms with van der Waals surface area (Å²) in [6.45, 7) is -2.31. The van der Waals surface area contributed by atoms with E-state index < -0.39 is 112 Å². The molecule has 0 unspecified atom stereocenters. The average Bonchev–Trinajstić information content (AvgIpc) is 2.84. The van der Waals surface area contributed by atoms with E-state index in [0.29, 0.717) is 0 Å². The maximum atomic E-state index is 12.5. The molecule has 0 aromatic heterocycles. The first kappa shape index (κ1) is 30.2. The highest BCUT2D eigenvalue weighted by atomic mass is 19.1. The van der Waals surface area contributed by atoms with E-state index in [4.69, 9.17) is 24.1 Å². The van der Waals surface area contributed by atoms with E-state index in [0.717, 1.165) is 0 Å². The Morgan fingerprint density at radius 2 is 1.23 bits per heavy atom. The van der Waals surface area contributed by atoms with E-state index in [1.807, 2.05) is 0 Å². The fourth-order valence-corrected chi connectivity index (χ4v) is 3.43. The van der Waals surface area contributed by atoms with Gasteiger partial charge in [0.2, 0.25) is 0 Å². The molecule has 0 bridgehead atoms. The van der Waals surface area contributed by atoms with Gasteiger partial charge in [-0.2, -0.15) is 4.39 Å². The van der Waals surface area contributed by atoms with Crippen LogP contribution in [0.3, 0.4) is 0 Å². The highest BCUT2D eigenvalue weighted by Gasteiger charge is 2.47. The molecule has 0 radical (unpaired) electrons. The highest BCUT2D eigenvalue weighted by Crippen LogP contribution is 2.26. The molecule has 2 rings (SSSR count). The SMILES string of the molecule is O=C(F)[C@H](O)[C@@H](O)[C@H](O)[C@H](O)CO[C@H]1O[C@H](CO[C@H]2O[C@H](CO)[C@@H](O)[C@H](O)[C@H]2O)[C@@H](O)[C@H](O)[C@H]1O. The van der Waals surface area contributed by atoms with Crippen molar-refractivity contribution in [3.8, 4) is 0 Å². The molecule has 17 heteroatoms. The minimum Gasteiger partial charge on any atom is -0.394 e. The van der Waals surface area contributed by atoms with Crippen LogP contribution in [0.4, 0.5) is 4.39 Å². The van der Waals surface area contributed by atoms with E-state index in [2.05, 4.69) is 0 Å². The summed E-state index contributed by atoms with van der Waals surface area (Å²) in [6, 6.07) is -2.37. The summed E-state index contributed by atoms with van der Waals surface area (Å²) in [5, 5.41) is 107. The Hall–Kier alpha value is -1.00. The number of carbonyl (C=O) groups is 1. The van der Waals surface area contributed by atoms with Crippen molar-refractivity contribution in [2.75, 3.05) is 19.8 Å². The van der Waals surface area contributed by atoms with Crippen LogP contribution >= 0.6 is 0 Å². The summed E-state index contributed by atoms with van der Waals surface area (Å²) in [5.41, 5.74) is 0. The van der Waals surface area contributed by atoms with Crippen LogP contribution in [0.5, 0.6) is 0 Å². The number of aliphatic hydroxyl groups is 11. The zero-order chi connectivity index (χ0) is 26.6. The van der Waals surface area contributed by atoms with E-state index in [1.165, 1.54) is 0 Å². The summed E-state index contributed by atoms with van der Waals surface area (Å²) in [5.74, 6) is 0. The molecule has 0 aliphatic carbocycles. The maximum Gasteiger partial charge on any atom is 0.332 e. The Balaban J connectivity index is 1.96. The van der Waals surface area contributed by atoms with E-state index in [-0.39, 0.29) is 0 Å². The van der Waals surface area contributed by atoms with Crippen LogP contribution in [0.1, 0.15) is 0 Å². The first-order valence-electron chi connectivity index (χ1n) is 10.5. The van der Waals surface area contributed by atoms with Gasteiger partial charge in [-0.3, -0.25) is 4.79 Å². The van der Waals surface area contributed by atoms with E-state index >= 15 is 0 Å². The molecule has 35 heavy (non-hydrogen) atoms. The molecular weight excluding hydrogens is 491 g/mol. The molecule has 2 aliphatic rings. The fraction of sp³-hybridized carbons (Fsp3) is 0.944. The van der Waals surface area contributed by atoms with Crippen molar-refractivity contribution in [1.29, 1.82) is 0 Å². The molecule has 2 aliphatic heterocycles. The van der Waals surface area contributed by atoms with Gasteiger partial charge in [0.05, 0.1) is 19.8 Å². The normalized spacial score (nSPS) is 41.7. The van der Waals surface area contributed by atoms with Crippen LogP contribution in [0.25, 0.3) is 0 Å². The van der Waals surface area contributed by atoms with Gasteiger partial charge in [0.15, 0.2) is 18.7 Å². The van der Waals surface area contributed by atoms with Crippen molar-refractivity contribution < 1.29 is 84.3 Å². The molecule has 14 atom stereocenters. The number of halogens is 1. The van der Waals surface area contributed by atoms with Gasteiger partial charge in [-0.1, -0.05) is 0 Å². The molecule has 0 spiro atoms. The predicted molar refractivity (Wildman–Crippen MR) is 102 cm³/mol. The lowest BCUT2D eigenvalue weighted by molar-refractivity contribution is -0.333. The second-order valence-corrected chi connectivity index (χ2v) is 8.18. The third-order valence-corrected chi connectivity index (χ3v) is 5.67. The first-order chi connectivity index (χ1) is 16.3. The number of ether oxygens (including phenoxy) is 4. The Morgan fingerprint density at radius 3 is 1.74 bits per heavy atom. The Labute approximate surface area is 196 Å². The third kappa shape index (κ3) is 7.06. The highest BCUT2D eigenvalue weighted by molar-refractivity contribution is 5.73. The lowest BCUT2D eigenvalue weighted by atomic mass is 9.98. The largest absolute Gasteiger partial charge is 0.394 e. The molecule has 206 valence electrons. The molecule has 16 nitrogen and oxygen atoms in total. The first-order valence-corrected chi connectivity index (χ1v) is 10.5. The Kier molecular flexibility index (Phi) is 11.2. The summed E-state index contributed by atoms with van der Waals surface area (Å²) in [6.07, 6.45) is -26.2. The van der Waals surface area contributed by atoms with Gasteiger partial charge in [-0.15, -0.1) is 0 Å². The van der Waals surface area contributed by atoms with Gasteiger partial charge in [-0.25, -0.2) is 0 Å². The number of rotatable bonds is 11. The molecule has 0 aromatic rings. The van der Waals surface area contributed by atoms with Crippen LogP contribution in [0, 0.1) is 0 Å². The molecular formula is C18H31FO16. The van der Waals surface area contributed by atoms with E-state index in [9.17, 15) is 60.3 Å². The topological polar surface area (TPSA) is 277 Å². The van der Waals surface area contributed by atoms with Crippen molar-refractivity contribution in [3.05, 3.63) is 0 Å². The standard InChI is InChI=1S/C18H31FO16/c19-16(31)13(28)10(25)7(22)4(21)2-32-17-15(30)12(27)9(24)6(35-17)3-33-18-14(29)11(26)8(23)5(1-20)34-18/h4-15,17-18,20-30H,1-3H2/t4-,5-,6-,7-,8-,9-,10+,11+,12+,13-,14-,15-,17+,18+/m1/s1. The zero-order valence-corrected chi connectivity index (χ0v) is 18.0. The predicted octanol–water partition coefficient (Wildman–Crippen LogP) is -7.43. The minimum atomic E-state index is -2.64. The van der Waals surface area contributed by atoms with Crippen molar-refractivity contribution in [2.45, 2.75) is 85.8 Å². The van der Waals surface area contributed by atoms with Crippen molar-refractivity contribution in [1.82, 2.24) is 0 Å². The van der Waals surface area contributed by atoms with Crippen LogP contribution in [-0.4, -0.2) is 168 Å². The molecule has 0 amide bonds. The second-order valence-electron chi connectivity index (χ2n) is 8.18.